The van der Waals surface area contributed by atoms with Gasteiger partial charge in [0.1, 0.15) is 0 Å². The largest absolute Gasteiger partial charge is 0.302 e. The molecule has 0 aliphatic carbocycles. The van der Waals surface area contributed by atoms with Crippen LogP contribution in [0.1, 0.15) is 19.4 Å². The van der Waals surface area contributed by atoms with Gasteiger partial charge in [0.25, 0.3) is 5.69 Å². The zero-order valence-corrected chi connectivity index (χ0v) is 17.0. The monoisotopic (exact) mass is 413 g/mol. The van der Waals surface area contributed by atoms with E-state index in [1.807, 2.05) is 29.6 Å². The lowest BCUT2D eigenvalue weighted by molar-refractivity contribution is -0.384. The lowest BCUT2D eigenvalue weighted by Crippen LogP contribution is -2.14. The first kappa shape index (κ1) is 20.0. The van der Waals surface area contributed by atoms with Crippen LogP contribution < -0.4 is 5.32 Å². The average molecular weight is 414 g/mol. The summed E-state index contributed by atoms with van der Waals surface area (Å²) in [5, 5.41) is 16.4. The van der Waals surface area contributed by atoms with Crippen LogP contribution in [-0.2, 0) is 11.2 Å². The Balaban J connectivity index is 1.60. The summed E-state index contributed by atoms with van der Waals surface area (Å²) in [4.78, 5) is 28.2. The number of thiazole rings is 1. The third-order valence-electron chi connectivity index (χ3n) is 3.78. The molecule has 3 rings (SSSR count). The number of amides is 1. The molecule has 0 spiro atoms. The van der Waals surface area contributed by atoms with Crippen LogP contribution in [0.4, 0.5) is 10.8 Å². The Labute approximate surface area is 171 Å². The maximum Gasteiger partial charge on any atom is 0.269 e. The topological polar surface area (TPSA) is 85.1 Å². The van der Waals surface area contributed by atoms with Crippen molar-refractivity contribution in [3.05, 3.63) is 69.6 Å². The van der Waals surface area contributed by atoms with Crippen molar-refractivity contribution in [2.24, 2.45) is 0 Å². The standard InChI is InChI=1S/C20H19N3O3S2/c1-13(2)28-17-9-3-14(4-10-17)11-19(24)22-20-21-18(12-27-20)15-5-7-16(8-6-15)23(25)26/h3-10,12-13H,11H2,1-2H3,(H,21,22,24). The Bertz CT molecular complexity index is 967. The number of nitro benzene ring substituents is 1. The zero-order chi connectivity index (χ0) is 20.1. The second kappa shape index (κ2) is 8.99. The van der Waals surface area contributed by atoms with Gasteiger partial charge in [0.2, 0.25) is 5.91 Å². The molecule has 1 aromatic heterocycles. The van der Waals surface area contributed by atoms with Gasteiger partial charge in [-0.25, -0.2) is 4.98 Å². The number of nitrogens with zero attached hydrogens (tertiary/aromatic N) is 2. The first-order chi connectivity index (χ1) is 13.4. The maximum absolute atomic E-state index is 12.3. The molecule has 1 heterocycles. The van der Waals surface area contributed by atoms with E-state index < -0.39 is 4.92 Å². The number of anilines is 1. The van der Waals surface area contributed by atoms with Crippen LogP contribution in [0.3, 0.4) is 0 Å². The summed E-state index contributed by atoms with van der Waals surface area (Å²) >= 11 is 3.11. The predicted octanol–water partition coefficient (Wildman–Crippen LogP) is 5.40. The maximum atomic E-state index is 12.3. The number of aromatic nitrogens is 1. The summed E-state index contributed by atoms with van der Waals surface area (Å²) in [6.45, 7) is 4.29. The van der Waals surface area contributed by atoms with E-state index >= 15 is 0 Å². The van der Waals surface area contributed by atoms with Crippen LogP contribution in [0.5, 0.6) is 0 Å². The molecule has 0 aliphatic heterocycles. The van der Waals surface area contributed by atoms with Crippen molar-refractivity contribution < 1.29 is 9.72 Å². The summed E-state index contributed by atoms with van der Waals surface area (Å²) in [7, 11) is 0. The summed E-state index contributed by atoms with van der Waals surface area (Å²) in [6, 6.07) is 14.2. The van der Waals surface area contributed by atoms with Gasteiger partial charge in [-0.15, -0.1) is 23.1 Å². The van der Waals surface area contributed by atoms with Gasteiger partial charge >= 0.3 is 0 Å². The van der Waals surface area contributed by atoms with Crippen molar-refractivity contribution >= 4 is 39.8 Å². The minimum Gasteiger partial charge on any atom is -0.302 e. The molecule has 8 heteroatoms. The molecule has 28 heavy (non-hydrogen) atoms. The lowest BCUT2D eigenvalue weighted by Gasteiger charge is -2.06. The fraction of sp³-hybridized carbons (Fsp3) is 0.200. The normalized spacial score (nSPS) is 10.8. The molecule has 0 radical (unpaired) electrons. The Morgan fingerprint density at radius 2 is 1.86 bits per heavy atom. The minimum atomic E-state index is -0.440. The molecule has 1 N–H and O–H groups in total. The molecule has 6 nitrogen and oxygen atoms in total. The number of nitro groups is 1. The molecule has 0 saturated carbocycles. The number of benzene rings is 2. The lowest BCUT2D eigenvalue weighted by atomic mass is 10.1. The Morgan fingerprint density at radius 3 is 2.46 bits per heavy atom. The molecule has 0 unspecified atom stereocenters. The Hall–Kier alpha value is -2.71. The molecule has 2 aromatic carbocycles. The van der Waals surface area contributed by atoms with E-state index in [9.17, 15) is 14.9 Å². The number of thioether (sulfide) groups is 1. The van der Waals surface area contributed by atoms with Crippen LogP contribution in [0, 0.1) is 10.1 Å². The van der Waals surface area contributed by atoms with Crippen LogP contribution >= 0.6 is 23.1 Å². The van der Waals surface area contributed by atoms with E-state index in [1.165, 1.54) is 28.4 Å². The Kier molecular flexibility index (Phi) is 6.43. The van der Waals surface area contributed by atoms with Crippen LogP contribution in [0.2, 0.25) is 0 Å². The predicted molar refractivity (Wildman–Crippen MR) is 114 cm³/mol. The SMILES string of the molecule is CC(C)Sc1ccc(CC(=O)Nc2nc(-c3ccc([N+](=O)[O-])cc3)cs2)cc1. The van der Waals surface area contributed by atoms with E-state index in [2.05, 4.69) is 24.1 Å². The molecular weight excluding hydrogens is 394 g/mol. The molecular formula is C20H19N3O3S2. The highest BCUT2D eigenvalue weighted by Gasteiger charge is 2.11. The van der Waals surface area contributed by atoms with E-state index in [4.69, 9.17) is 0 Å². The first-order valence-electron chi connectivity index (χ1n) is 8.66. The number of rotatable bonds is 7. The van der Waals surface area contributed by atoms with Gasteiger partial charge in [0.15, 0.2) is 5.13 Å². The number of carbonyl (C=O) groups excluding carboxylic acids is 1. The Morgan fingerprint density at radius 1 is 1.18 bits per heavy atom. The van der Waals surface area contributed by atoms with Crippen LogP contribution in [-0.4, -0.2) is 21.1 Å². The van der Waals surface area contributed by atoms with Crippen LogP contribution in [0.15, 0.2) is 58.8 Å². The van der Waals surface area contributed by atoms with Crippen molar-refractivity contribution in [2.75, 3.05) is 5.32 Å². The summed E-state index contributed by atoms with van der Waals surface area (Å²) in [5.74, 6) is -0.131. The number of carbonyl (C=O) groups is 1. The van der Waals surface area contributed by atoms with Gasteiger partial charge in [0.05, 0.1) is 17.0 Å². The second-order valence-corrected chi connectivity index (χ2v) is 8.89. The molecule has 3 aromatic rings. The minimum absolute atomic E-state index is 0.0327. The molecule has 0 saturated heterocycles. The number of hydrogen-bond donors (Lipinski definition) is 1. The van der Waals surface area contributed by atoms with E-state index in [0.29, 0.717) is 16.1 Å². The average Bonchev–Trinajstić information content (AvgIpc) is 3.11. The van der Waals surface area contributed by atoms with Gasteiger partial charge < -0.3 is 5.32 Å². The van der Waals surface area contributed by atoms with E-state index in [0.717, 1.165) is 11.1 Å². The number of nitrogens with one attached hydrogen (secondary N) is 1. The molecule has 0 atom stereocenters. The van der Waals surface area contributed by atoms with Crippen molar-refractivity contribution in [1.29, 1.82) is 0 Å². The first-order valence-corrected chi connectivity index (χ1v) is 10.4. The summed E-state index contributed by atoms with van der Waals surface area (Å²) in [6.07, 6.45) is 0.277. The quantitative estimate of drug-likeness (QED) is 0.318. The van der Waals surface area contributed by atoms with Crippen LogP contribution in [0.25, 0.3) is 11.3 Å². The third kappa shape index (κ3) is 5.40. The molecule has 0 fully saturated rings. The third-order valence-corrected chi connectivity index (χ3v) is 5.56. The number of non-ortho nitro benzene ring substituents is 1. The van der Waals surface area contributed by atoms with Gasteiger partial charge in [-0.05, 0) is 29.8 Å². The van der Waals surface area contributed by atoms with E-state index in [-0.39, 0.29) is 18.0 Å². The van der Waals surface area contributed by atoms with Gasteiger partial charge in [-0.1, -0.05) is 26.0 Å². The van der Waals surface area contributed by atoms with Gasteiger partial charge in [0, 0.05) is 33.2 Å². The molecule has 1 amide bonds. The number of hydrogen-bond acceptors (Lipinski definition) is 6. The fourth-order valence-corrected chi connectivity index (χ4v) is 4.10. The van der Waals surface area contributed by atoms with Gasteiger partial charge in [-0.3, -0.25) is 14.9 Å². The highest BCUT2D eigenvalue weighted by Crippen LogP contribution is 2.27. The summed E-state index contributed by atoms with van der Waals surface area (Å²) in [5.41, 5.74) is 2.41. The van der Waals surface area contributed by atoms with Gasteiger partial charge in [-0.2, -0.15) is 0 Å². The highest BCUT2D eigenvalue weighted by molar-refractivity contribution is 7.99. The molecule has 0 aliphatic rings. The smallest absolute Gasteiger partial charge is 0.269 e. The summed E-state index contributed by atoms with van der Waals surface area (Å²) < 4.78 is 0. The molecule has 144 valence electrons. The zero-order valence-electron chi connectivity index (χ0n) is 15.4. The van der Waals surface area contributed by atoms with Crippen molar-refractivity contribution in [1.82, 2.24) is 4.98 Å². The van der Waals surface area contributed by atoms with E-state index in [1.54, 1.807) is 23.9 Å². The fourth-order valence-electron chi connectivity index (χ4n) is 2.52. The van der Waals surface area contributed by atoms with Crippen molar-refractivity contribution in [3.63, 3.8) is 0 Å². The second-order valence-electron chi connectivity index (χ2n) is 6.38. The van der Waals surface area contributed by atoms with Crippen molar-refractivity contribution in [3.8, 4) is 11.3 Å². The highest BCUT2D eigenvalue weighted by atomic mass is 32.2. The van der Waals surface area contributed by atoms with Crippen molar-refractivity contribution in [2.45, 2.75) is 30.4 Å². The molecule has 0 bridgehead atoms.